The van der Waals surface area contributed by atoms with Crippen LogP contribution in [0.1, 0.15) is 38.1 Å². The van der Waals surface area contributed by atoms with Crippen LogP contribution in [0.15, 0.2) is 30.3 Å². The number of benzene rings is 1. The van der Waals surface area contributed by atoms with Crippen molar-refractivity contribution >= 4 is 0 Å². The third-order valence-corrected chi connectivity index (χ3v) is 4.00. The van der Waals surface area contributed by atoms with Crippen LogP contribution in [0.3, 0.4) is 0 Å². The number of hydrogen-bond acceptors (Lipinski definition) is 2. The molecular formula is C17H23N3. The van der Waals surface area contributed by atoms with Crippen LogP contribution in [0, 0.1) is 0 Å². The van der Waals surface area contributed by atoms with E-state index in [1.54, 1.807) is 0 Å². The van der Waals surface area contributed by atoms with Crippen LogP contribution in [-0.2, 0) is 12.8 Å². The minimum atomic E-state index is 0.389. The molecule has 1 atom stereocenters. The first-order valence-corrected chi connectivity index (χ1v) is 7.56. The lowest BCUT2D eigenvalue weighted by Gasteiger charge is -2.13. The van der Waals surface area contributed by atoms with Crippen LogP contribution in [0.4, 0.5) is 0 Å². The van der Waals surface area contributed by atoms with E-state index in [1.807, 2.05) is 0 Å². The maximum absolute atomic E-state index is 4.91. The van der Waals surface area contributed by atoms with E-state index in [0.29, 0.717) is 12.1 Å². The Morgan fingerprint density at radius 2 is 2.00 bits per heavy atom. The van der Waals surface area contributed by atoms with Gasteiger partial charge in [-0.2, -0.15) is 5.10 Å². The summed E-state index contributed by atoms with van der Waals surface area (Å²) in [5.74, 6) is 0. The standard InChI is InChI=1S/C17H23N3/c1-12(2)20-17(14-7-5-4-6-8-14)15-9-10-18-13(3)11-16(15)19-20/h4-8,12-13,18H,9-11H2,1-3H3. The normalized spacial score (nSPS) is 18.9. The molecular weight excluding hydrogens is 246 g/mol. The predicted octanol–water partition coefficient (Wildman–Crippen LogP) is 3.21. The van der Waals surface area contributed by atoms with Gasteiger partial charge in [0.2, 0.25) is 0 Å². The average molecular weight is 269 g/mol. The van der Waals surface area contributed by atoms with Gasteiger partial charge in [0.15, 0.2) is 0 Å². The summed E-state index contributed by atoms with van der Waals surface area (Å²) in [5.41, 5.74) is 5.30. The van der Waals surface area contributed by atoms with E-state index in [0.717, 1.165) is 19.4 Å². The highest BCUT2D eigenvalue weighted by molar-refractivity contribution is 5.65. The minimum Gasteiger partial charge on any atom is -0.314 e. The van der Waals surface area contributed by atoms with Gasteiger partial charge in [0.25, 0.3) is 0 Å². The maximum atomic E-state index is 4.91. The van der Waals surface area contributed by atoms with E-state index in [4.69, 9.17) is 5.10 Å². The molecule has 0 bridgehead atoms. The fraction of sp³-hybridized carbons (Fsp3) is 0.471. The van der Waals surface area contributed by atoms with Crippen LogP contribution in [0.5, 0.6) is 0 Å². The van der Waals surface area contributed by atoms with Crippen molar-refractivity contribution in [3.05, 3.63) is 41.6 Å². The summed E-state index contributed by atoms with van der Waals surface area (Å²) in [6.07, 6.45) is 2.09. The molecule has 0 radical (unpaired) electrons. The third kappa shape index (κ3) is 2.38. The van der Waals surface area contributed by atoms with Crippen molar-refractivity contribution in [3.8, 4) is 11.3 Å². The summed E-state index contributed by atoms with van der Waals surface area (Å²) >= 11 is 0. The number of fused-ring (bicyclic) bond motifs is 1. The van der Waals surface area contributed by atoms with Gasteiger partial charge in [-0.1, -0.05) is 30.3 Å². The SMILES string of the molecule is CC1Cc2nn(C(C)C)c(-c3ccccc3)c2CCN1. The fourth-order valence-corrected chi connectivity index (χ4v) is 3.02. The van der Waals surface area contributed by atoms with Crippen molar-refractivity contribution in [1.82, 2.24) is 15.1 Å². The molecule has 3 rings (SSSR count). The molecule has 3 heteroatoms. The Labute approximate surface area is 121 Å². The van der Waals surface area contributed by atoms with Crippen molar-refractivity contribution in [2.24, 2.45) is 0 Å². The first kappa shape index (κ1) is 13.4. The number of aromatic nitrogens is 2. The van der Waals surface area contributed by atoms with Crippen LogP contribution in [-0.4, -0.2) is 22.4 Å². The summed E-state index contributed by atoms with van der Waals surface area (Å²) in [5, 5.41) is 8.47. The number of rotatable bonds is 2. The number of hydrogen-bond donors (Lipinski definition) is 1. The highest BCUT2D eigenvalue weighted by Gasteiger charge is 2.23. The molecule has 3 nitrogen and oxygen atoms in total. The summed E-state index contributed by atoms with van der Waals surface area (Å²) in [7, 11) is 0. The maximum Gasteiger partial charge on any atom is 0.0720 e. The Hall–Kier alpha value is -1.61. The van der Waals surface area contributed by atoms with Crippen LogP contribution in [0.25, 0.3) is 11.3 Å². The summed E-state index contributed by atoms with van der Waals surface area (Å²) in [6.45, 7) is 7.70. The Morgan fingerprint density at radius 1 is 1.25 bits per heavy atom. The molecule has 106 valence electrons. The molecule has 2 heterocycles. The van der Waals surface area contributed by atoms with Gasteiger partial charge in [-0.15, -0.1) is 0 Å². The Balaban J connectivity index is 2.16. The second-order valence-corrected chi connectivity index (χ2v) is 5.99. The van der Waals surface area contributed by atoms with Crippen LogP contribution in [0.2, 0.25) is 0 Å². The Kier molecular flexibility index (Phi) is 3.62. The molecule has 2 aromatic rings. The van der Waals surface area contributed by atoms with E-state index < -0.39 is 0 Å². The van der Waals surface area contributed by atoms with Crippen molar-refractivity contribution in [3.63, 3.8) is 0 Å². The highest BCUT2D eigenvalue weighted by Crippen LogP contribution is 2.30. The predicted molar refractivity (Wildman–Crippen MR) is 82.9 cm³/mol. The third-order valence-electron chi connectivity index (χ3n) is 4.00. The molecule has 0 fully saturated rings. The zero-order chi connectivity index (χ0) is 14.1. The highest BCUT2D eigenvalue weighted by atomic mass is 15.3. The van der Waals surface area contributed by atoms with E-state index in [1.165, 1.54) is 22.5 Å². The van der Waals surface area contributed by atoms with Gasteiger partial charge in [-0.25, -0.2) is 0 Å². The molecule has 1 aliphatic rings. The molecule has 1 aromatic heterocycles. The fourth-order valence-electron chi connectivity index (χ4n) is 3.02. The molecule has 0 saturated heterocycles. The first-order valence-electron chi connectivity index (χ1n) is 7.56. The molecule has 1 unspecified atom stereocenters. The lowest BCUT2D eigenvalue weighted by Crippen LogP contribution is -2.27. The molecule has 1 aromatic carbocycles. The van der Waals surface area contributed by atoms with Gasteiger partial charge in [-0.3, -0.25) is 4.68 Å². The van der Waals surface area contributed by atoms with E-state index in [2.05, 4.69) is 61.1 Å². The van der Waals surface area contributed by atoms with Gasteiger partial charge in [0.1, 0.15) is 0 Å². The van der Waals surface area contributed by atoms with Crippen molar-refractivity contribution < 1.29 is 0 Å². The molecule has 0 amide bonds. The van der Waals surface area contributed by atoms with Crippen molar-refractivity contribution in [1.29, 1.82) is 0 Å². The molecule has 0 aliphatic carbocycles. The van der Waals surface area contributed by atoms with Gasteiger partial charge in [0.05, 0.1) is 11.4 Å². The summed E-state index contributed by atoms with van der Waals surface area (Å²) in [6, 6.07) is 11.6. The van der Waals surface area contributed by atoms with Gasteiger partial charge >= 0.3 is 0 Å². The minimum absolute atomic E-state index is 0.389. The van der Waals surface area contributed by atoms with Crippen LogP contribution < -0.4 is 5.32 Å². The second kappa shape index (κ2) is 5.41. The van der Waals surface area contributed by atoms with E-state index in [-0.39, 0.29) is 0 Å². The monoisotopic (exact) mass is 269 g/mol. The van der Waals surface area contributed by atoms with E-state index in [9.17, 15) is 0 Å². The number of nitrogens with one attached hydrogen (secondary N) is 1. The second-order valence-electron chi connectivity index (χ2n) is 5.99. The van der Waals surface area contributed by atoms with Crippen molar-refractivity contribution in [2.45, 2.75) is 45.7 Å². The molecule has 1 N–H and O–H groups in total. The average Bonchev–Trinajstić information content (AvgIpc) is 2.69. The quantitative estimate of drug-likeness (QED) is 0.907. The molecule has 0 saturated carbocycles. The zero-order valence-corrected chi connectivity index (χ0v) is 12.6. The lowest BCUT2D eigenvalue weighted by atomic mass is 10.0. The van der Waals surface area contributed by atoms with Gasteiger partial charge in [-0.05, 0) is 33.7 Å². The van der Waals surface area contributed by atoms with Crippen LogP contribution >= 0.6 is 0 Å². The Bertz CT molecular complexity index is 584. The molecule has 0 spiro atoms. The largest absolute Gasteiger partial charge is 0.314 e. The summed E-state index contributed by atoms with van der Waals surface area (Å²) < 4.78 is 2.21. The van der Waals surface area contributed by atoms with Crippen molar-refractivity contribution in [2.75, 3.05) is 6.54 Å². The topological polar surface area (TPSA) is 29.9 Å². The molecule has 20 heavy (non-hydrogen) atoms. The van der Waals surface area contributed by atoms with Gasteiger partial charge in [0, 0.05) is 29.6 Å². The number of nitrogens with zero attached hydrogens (tertiary/aromatic N) is 2. The zero-order valence-electron chi connectivity index (χ0n) is 12.6. The Morgan fingerprint density at radius 3 is 2.70 bits per heavy atom. The first-order chi connectivity index (χ1) is 9.66. The smallest absolute Gasteiger partial charge is 0.0720 e. The van der Waals surface area contributed by atoms with E-state index >= 15 is 0 Å². The summed E-state index contributed by atoms with van der Waals surface area (Å²) in [4.78, 5) is 0. The lowest BCUT2D eigenvalue weighted by molar-refractivity contribution is 0.514. The molecule has 1 aliphatic heterocycles. The van der Waals surface area contributed by atoms with Gasteiger partial charge < -0.3 is 5.32 Å².